The second-order valence-electron chi connectivity index (χ2n) is 4.97. The predicted molar refractivity (Wildman–Crippen MR) is 80.4 cm³/mol. The fourth-order valence-electron chi connectivity index (χ4n) is 2.06. The molecule has 0 atom stereocenters. The lowest BCUT2D eigenvalue weighted by Gasteiger charge is -2.01. The van der Waals surface area contributed by atoms with E-state index in [9.17, 15) is 0 Å². The van der Waals surface area contributed by atoms with Gasteiger partial charge in [-0.15, -0.1) is 6.58 Å². The average Bonchev–Trinajstić information content (AvgIpc) is 2.35. The first-order valence-corrected chi connectivity index (χ1v) is 7.67. The van der Waals surface area contributed by atoms with Crippen LogP contribution >= 0.6 is 0 Å². The Morgan fingerprint density at radius 1 is 0.706 bits per heavy atom. The molecule has 0 heterocycles. The topological polar surface area (TPSA) is 0 Å². The van der Waals surface area contributed by atoms with Gasteiger partial charge in [-0.3, -0.25) is 0 Å². The normalized spacial score (nSPS) is 11.1. The summed E-state index contributed by atoms with van der Waals surface area (Å²) in [6.45, 7) is 5.98. The summed E-state index contributed by atoms with van der Waals surface area (Å²) in [6.07, 6.45) is 23.0. The van der Waals surface area contributed by atoms with Gasteiger partial charge in [0.25, 0.3) is 0 Å². The lowest BCUT2D eigenvalue weighted by Crippen LogP contribution is -1.81. The van der Waals surface area contributed by atoms with E-state index >= 15 is 0 Å². The first-order valence-electron chi connectivity index (χ1n) is 7.67. The Labute approximate surface area is 109 Å². The minimum atomic E-state index is 1.03. The minimum Gasteiger partial charge on any atom is -0.103 e. The smallest absolute Gasteiger partial charge is 0.0172 e. The summed E-state index contributed by atoms with van der Waals surface area (Å²) in [4.78, 5) is 0. The standard InChI is InChI=1S/C17H32/c1-3-5-7-9-11-13-15-17-16-14-12-10-8-6-4-2/h3,7,9H,1,4-6,8,10-17H2,2H3. The van der Waals surface area contributed by atoms with E-state index in [1.807, 2.05) is 6.08 Å². The van der Waals surface area contributed by atoms with E-state index in [2.05, 4.69) is 25.7 Å². The molecule has 0 bridgehead atoms. The Kier molecular flexibility index (Phi) is 15.0. The molecule has 0 radical (unpaired) electrons. The van der Waals surface area contributed by atoms with Crippen LogP contribution in [0.3, 0.4) is 0 Å². The van der Waals surface area contributed by atoms with Crippen molar-refractivity contribution in [3.05, 3.63) is 24.8 Å². The van der Waals surface area contributed by atoms with Gasteiger partial charge in [-0.1, -0.05) is 82.9 Å². The maximum Gasteiger partial charge on any atom is -0.0172 e. The monoisotopic (exact) mass is 236 g/mol. The largest absolute Gasteiger partial charge is 0.103 e. The fourth-order valence-corrected chi connectivity index (χ4v) is 2.06. The van der Waals surface area contributed by atoms with Crippen molar-refractivity contribution in [1.29, 1.82) is 0 Å². The van der Waals surface area contributed by atoms with E-state index < -0.39 is 0 Å². The number of allylic oxidation sites excluding steroid dienone is 3. The maximum absolute atomic E-state index is 3.70. The highest BCUT2D eigenvalue weighted by atomic mass is 14.0. The van der Waals surface area contributed by atoms with Crippen LogP contribution in [0.25, 0.3) is 0 Å². The van der Waals surface area contributed by atoms with E-state index in [4.69, 9.17) is 0 Å². The highest BCUT2D eigenvalue weighted by Crippen LogP contribution is 2.11. The summed E-state index contributed by atoms with van der Waals surface area (Å²) in [5.74, 6) is 0. The number of hydrogen-bond donors (Lipinski definition) is 0. The molecule has 0 spiro atoms. The minimum absolute atomic E-state index is 1.03. The molecule has 17 heavy (non-hydrogen) atoms. The van der Waals surface area contributed by atoms with Crippen molar-refractivity contribution < 1.29 is 0 Å². The molecule has 0 saturated carbocycles. The second-order valence-corrected chi connectivity index (χ2v) is 4.97. The van der Waals surface area contributed by atoms with Gasteiger partial charge in [0.05, 0.1) is 0 Å². The van der Waals surface area contributed by atoms with Gasteiger partial charge in [0.1, 0.15) is 0 Å². The summed E-state index contributed by atoms with van der Waals surface area (Å²) in [7, 11) is 0. The van der Waals surface area contributed by atoms with Crippen LogP contribution in [-0.4, -0.2) is 0 Å². The number of rotatable bonds is 13. The van der Waals surface area contributed by atoms with Crippen LogP contribution in [0.15, 0.2) is 24.8 Å². The number of hydrogen-bond acceptors (Lipinski definition) is 0. The zero-order valence-electron chi connectivity index (χ0n) is 11.9. The van der Waals surface area contributed by atoms with Crippen LogP contribution in [-0.2, 0) is 0 Å². The van der Waals surface area contributed by atoms with Crippen molar-refractivity contribution in [3.63, 3.8) is 0 Å². The van der Waals surface area contributed by atoms with Crippen LogP contribution in [0.1, 0.15) is 84.0 Å². The highest BCUT2D eigenvalue weighted by Gasteiger charge is 1.91. The molecule has 0 saturated heterocycles. The van der Waals surface area contributed by atoms with Crippen molar-refractivity contribution in [3.8, 4) is 0 Å². The molecular weight excluding hydrogens is 204 g/mol. The van der Waals surface area contributed by atoms with Crippen LogP contribution in [0, 0.1) is 0 Å². The molecule has 0 rings (SSSR count). The quantitative estimate of drug-likeness (QED) is 0.255. The van der Waals surface area contributed by atoms with Crippen molar-refractivity contribution in [2.24, 2.45) is 0 Å². The second kappa shape index (κ2) is 15.5. The molecule has 0 nitrogen and oxygen atoms in total. The van der Waals surface area contributed by atoms with E-state index in [0.29, 0.717) is 0 Å². The molecule has 0 aliphatic carbocycles. The molecule has 0 aromatic carbocycles. The zero-order valence-corrected chi connectivity index (χ0v) is 11.9. The molecule has 0 aliphatic rings. The third kappa shape index (κ3) is 15.5. The summed E-state index contributed by atoms with van der Waals surface area (Å²) in [5.41, 5.74) is 0. The molecule has 100 valence electrons. The molecule has 0 N–H and O–H groups in total. The summed E-state index contributed by atoms with van der Waals surface area (Å²) >= 11 is 0. The summed E-state index contributed by atoms with van der Waals surface area (Å²) < 4.78 is 0. The predicted octanol–water partition coefficient (Wildman–Crippen LogP) is 6.43. The first-order chi connectivity index (χ1) is 8.41. The van der Waals surface area contributed by atoms with Gasteiger partial charge in [0, 0.05) is 0 Å². The zero-order chi connectivity index (χ0) is 12.6. The lowest BCUT2D eigenvalue weighted by molar-refractivity contribution is 0.557. The van der Waals surface area contributed by atoms with Gasteiger partial charge in [0.15, 0.2) is 0 Å². The maximum atomic E-state index is 3.70. The van der Waals surface area contributed by atoms with E-state index in [0.717, 1.165) is 6.42 Å². The van der Waals surface area contributed by atoms with Gasteiger partial charge in [-0.2, -0.15) is 0 Å². The molecule has 0 amide bonds. The molecule has 0 aromatic heterocycles. The van der Waals surface area contributed by atoms with Crippen molar-refractivity contribution in [2.45, 2.75) is 84.0 Å². The molecule has 0 heteroatoms. The van der Waals surface area contributed by atoms with Gasteiger partial charge < -0.3 is 0 Å². The van der Waals surface area contributed by atoms with Crippen LogP contribution < -0.4 is 0 Å². The van der Waals surface area contributed by atoms with Crippen LogP contribution in [0.4, 0.5) is 0 Å². The Bertz CT molecular complexity index is 167. The van der Waals surface area contributed by atoms with E-state index in [-0.39, 0.29) is 0 Å². The molecule has 0 aromatic rings. The van der Waals surface area contributed by atoms with Gasteiger partial charge in [0.2, 0.25) is 0 Å². The molecule has 0 unspecified atom stereocenters. The Balaban J connectivity index is 2.96. The van der Waals surface area contributed by atoms with Crippen molar-refractivity contribution >= 4 is 0 Å². The lowest BCUT2D eigenvalue weighted by atomic mass is 10.1. The third-order valence-electron chi connectivity index (χ3n) is 3.19. The Hall–Kier alpha value is -0.520. The number of unbranched alkanes of at least 4 members (excludes halogenated alkanes) is 10. The SMILES string of the molecule is C=CCC=CCCCCCCCCCCCC. The third-order valence-corrected chi connectivity index (χ3v) is 3.19. The van der Waals surface area contributed by atoms with Gasteiger partial charge >= 0.3 is 0 Å². The van der Waals surface area contributed by atoms with Crippen molar-refractivity contribution in [2.75, 3.05) is 0 Å². The Morgan fingerprint density at radius 3 is 1.76 bits per heavy atom. The molecule has 0 aliphatic heterocycles. The van der Waals surface area contributed by atoms with E-state index in [1.165, 1.54) is 70.6 Å². The van der Waals surface area contributed by atoms with E-state index in [1.54, 1.807) is 0 Å². The summed E-state index contributed by atoms with van der Waals surface area (Å²) in [6, 6.07) is 0. The van der Waals surface area contributed by atoms with Crippen LogP contribution in [0.2, 0.25) is 0 Å². The average molecular weight is 236 g/mol. The molecular formula is C17H32. The Morgan fingerprint density at radius 2 is 1.24 bits per heavy atom. The molecule has 0 fully saturated rings. The van der Waals surface area contributed by atoms with Crippen LogP contribution in [0.5, 0.6) is 0 Å². The highest BCUT2D eigenvalue weighted by molar-refractivity contribution is 4.87. The van der Waals surface area contributed by atoms with Crippen molar-refractivity contribution in [1.82, 2.24) is 0 Å². The van der Waals surface area contributed by atoms with Gasteiger partial charge in [-0.05, 0) is 19.3 Å². The summed E-state index contributed by atoms with van der Waals surface area (Å²) in [5, 5.41) is 0. The van der Waals surface area contributed by atoms with Gasteiger partial charge in [-0.25, -0.2) is 0 Å². The first kappa shape index (κ1) is 16.5. The fraction of sp³-hybridized carbons (Fsp3) is 0.765.